The summed E-state index contributed by atoms with van der Waals surface area (Å²) in [6.45, 7) is -0.236. The maximum absolute atomic E-state index is 15.7. The number of nitro groups is 1. The van der Waals surface area contributed by atoms with Gasteiger partial charge in [-0.2, -0.15) is 22.0 Å². The molecule has 0 aliphatic carbocycles. The molecule has 0 spiro atoms. The van der Waals surface area contributed by atoms with Crippen molar-refractivity contribution in [3.05, 3.63) is 153 Å². The van der Waals surface area contributed by atoms with E-state index in [-0.39, 0.29) is 18.8 Å². The third-order valence-corrected chi connectivity index (χ3v) is 6.64. The minimum Gasteiger partial charge on any atom is -0.482 e. The van der Waals surface area contributed by atoms with Gasteiger partial charge in [-0.15, -0.1) is 0 Å². The lowest BCUT2D eigenvalue weighted by molar-refractivity contribution is -0.386. The summed E-state index contributed by atoms with van der Waals surface area (Å²) >= 11 is 0. The third kappa shape index (κ3) is 7.49. The highest BCUT2D eigenvalue weighted by molar-refractivity contribution is 5.89. The molecule has 0 aromatic heterocycles. The van der Waals surface area contributed by atoms with Crippen molar-refractivity contribution in [3.8, 4) is 28.7 Å². The number of hydrogen-bond donors (Lipinski definition) is 0. The molecule has 48 heavy (non-hydrogen) atoms. The topological polar surface area (TPSA) is 97.1 Å². The number of alkyl halides is 3. The molecule has 5 aromatic rings. The number of ether oxygens (including phenoxy) is 4. The van der Waals surface area contributed by atoms with Crippen molar-refractivity contribution in [1.29, 1.82) is 0 Å². The van der Waals surface area contributed by atoms with Crippen LogP contribution in [0.25, 0.3) is 0 Å². The predicted octanol–water partition coefficient (Wildman–Crippen LogP) is 9.55. The number of nitro benzene ring substituents is 1. The molecule has 0 saturated carbocycles. The van der Waals surface area contributed by atoms with Crippen molar-refractivity contribution in [2.45, 2.75) is 19.4 Å². The zero-order valence-electron chi connectivity index (χ0n) is 24.3. The number of carbonyl (C=O) groups excluding carboxylic acids is 1. The first kappa shape index (κ1) is 33.3. The fourth-order valence-electron chi connectivity index (χ4n) is 4.37. The Hall–Kier alpha value is -6.05. The van der Waals surface area contributed by atoms with E-state index in [1.54, 1.807) is 60.7 Å². The molecule has 14 heteroatoms. The molecule has 5 aromatic carbocycles. The molecular formula is C34H21F6NO7. The Balaban J connectivity index is 1.46. The third-order valence-electron chi connectivity index (χ3n) is 6.64. The Kier molecular flexibility index (Phi) is 9.83. The van der Waals surface area contributed by atoms with Crippen LogP contribution in [0.1, 0.15) is 27.0 Å². The van der Waals surface area contributed by atoms with Gasteiger partial charge >= 0.3 is 17.8 Å². The fourth-order valence-corrected chi connectivity index (χ4v) is 4.37. The van der Waals surface area contributed by atoms with E-state index in [0.717, 1.165) is 42.5 Å². The van der Waals surface area contributed by atoms with Gasteiger partial charge < -0.3 is 18.9 Å². The van der Waals surface area contributed by atoms with Crippen molar-refractivity contribution >= 4 is 11.7 Å². The van der Waals surface area contributed by atoms with Gasteiger partial charge in [0, 0.05) is 0 Å². The van der Waals surface area contributed by atoms with Gasteiger partial charge in [-0.25, -0.2) is 9.18 Å². The number of para-hydroxylation sites is 1. The summed E-state index contributed by atoms with van der Waals surface area (Å²) in [6.07, 6.45) is -5.67. The maximum Gasteiger partial charge on any atom is 0.423 e. The van der Waals surface area contributed by atoms with Crippen LogP contribution in [0.15, 0.2) is 103 Å². The molecule has 0 aliphatic heterocycles. The Morgan fingerprint density at radius 2 is 1.25 bits per heavy atom. The molecule has 0 radical (unpaired) electrons. The Morgan fingerprint density at radius 1 is 0.667 bits per heavy atom. The molecule has 5 rings (SSSR count). The molecule has 246 valence electrons. The van der Waals surface area contributed by atoms with E-state index in [2.05, 4.69) is 0 Å². The standard InChI is InChI=1S/C34H21F6NO7/c35-27-26(34(38,39)40)31(47-23-16-14-22(15-17-23)33(42)46-19-21-10-5-2-6-11-21)29(37)32(28(27)36)48-25-13-7-12-24(30(25)41(43)44)45-18-20-8-3-1-4-9-20/h1-17H,18-19H2. The number of rotatable bonds is 11. The molecule has 0 fully saturated rings. The van der Waals surface area contributed by atoms with Crippen LogP contribution in [-0.4, -0.2) is 10.9 Å². The first-order valence-corrected chi connectivity index (χ1v) is 13.8. The number of benzene rings is 5. The quantitative estimate of drug-likeness (QED) is 0.0454. The Labute approximate surface area is 267 Å². The van der Waals surface area contributed by atoms with Crippen LogP contribution in [0.2, 0.25) is 0 Å². The number of halogens is 6. The van der Waals surface area contributed by atoms with Crippen LogP contribution in [-0.2, 0) is 24.1 Å². The number of esters is 1. The highest BCUT2D eigenvalue weighted by atomic mass is 19.4. The second-order valence-corrected chi connectivity index (χ2v) is 9.90. The number of nitrogens with zero attached hydrogens (tertiary/aromatic N) is 1. The molecule has 0 saturated heterocycles. The largest absolute Gasteiger partial charge is 0.482 e. The molecule has 0 atom stereocenters. The molecule has 0 amide bonds. The zero-order valence-corrected chi connectivity index (χ0v) is 24.3. The normalized spacial score (nSPS) is 11.1. The van der Waals surface area contributed by atoms with Gasteiger partial charge in [0.2, 0.25) is 28.9 Å². The summed E-state index contributed by atoms with van der Waals surface area (Å²) in [7, 11) is 0. The van der Waals surface area contributed by atoms with Crippen molar-refractivity contribution in [2.75, 3.05) is 0 Å². The van der Waals surface area contributed by atoms with E-state index >= 15 is 13.2 Å². The lowest BCUT2D eigenvalue weighted by atomic mass is 10.1. The molecular weight excluding hydrogens is 648 g/mol. The SMILES string of the molecule is O=C(OCc1ccccc1)c1ccc(Oc2c(F)c(Oc3cccc(OCc4ccccc4)c3[N+](=O)[O-])c(F)c(F)c2C(F)(F)F)cc1. The summed E-state index contributed by atoms with van der Waals surface area (Å²) in [5.41, 5.74) is -2.13. The summed E-state index contributed by atoms with van der Waals surface area (Å²) in [6, 6.07) is 24.4. The summed E-state index contributed by atoms with van der Waals surface area (Å²) in [5, 5.41) is 11.9. The summed E-state index contributed by atoms with van der Waals surface area (Å²) in [4.78, 5) is 23.3. The van der Waals surface area contributed by atoms with Crippen molar-refractivity contribution in [2.24, 2.45) is 0 Å². The fraction of sp³-hybridized carbons (Fsp3) is 0.0882. The minimum atomic E-state index is -5.67. The van der Waals surface area contributed by atoms with Gasteiger partial charge in [0.05, 0.1) is 10.5 Å². The minimum absolute atomic E-state index is 0.0502. The highest BCUT2D eigenvalue weighted by Gasteiger charge is 2.44. The van der Waals surface area contributed by atoms with E-state index < -0.39 is 74.5 Å². The predicted molar refractivity (Wildman–Crippen MR) is 157 cm³/mol. The maximum atomic E-state index is 15.7. The van der Waals surface area contributed by atoms with Gasteiger partial charge in [0.15, 0.2) is 11.6 Å². The van der Waals surface area contributed by atoms with Crippen LogP contribution >= 0.6 is 0 Å². The highest BCUT2D eigenvalue weighted by Crippen LogP contribution is 2.48. The van der Waals surface area contributed by atoms with Gasteiger partial charge in [-0.05, 0) is 47.5 Å². The lowest BCUT2D eigenvalue weighted by Crippen LogP contribution is -2.15. The van der Waals surface area contributed by atoms with Gasteiger partial charge in [-0.3, -0.25) is 10.1 Å². The second kappa shape index (κ2) is 14.2. The van der Waals surface area contributed by atoms with Crippen molar-refractivity contribution in [3.63, 3.8) is 0 Å². The second-order valence-electron chi connectivity index (χ2n) is 9.90. The summed E-state index contributed by atoms with van der Waals surface area (Å²) in [5.74, 6) is -13.3. The van der Waals surface area contributed by atoms with Crippen LogP contribution in [0.4, 0.5) is 32.0 Å². The average Bonchev–Trinajstić information content (AvgIpc) is 3.07. The van der Waals surface area contributed by atoms with Crippen LogP contribution < -0.4 is 14.2 Å². The first-order chi connectivity index (χ1) is 22.9. The van der Waals surface area contributed by atoms with E-state index in [9.17, 15) is 28.1 Å². The number of carbonyl (C=O) groups is 1. The van der Waals surface area contributed by atoms with Crippen LogP contribution in [0.3, 0.4) is 0 Å². The molecule has 0 N–H and O–H groups in total. The van der Waals surface area contributed by atoms with Gasteiger partial charge in [0.1, 0.15) is 24.5 Å². The van der Waals surface area contributed by atoms with Crippen molar-refractivity contribution in [1.82, 2.24) is 0 Å². The molecule has 8 nitrogen and oxygen atoms in total. The van der Waals surface area contributed by atoms with E-state index in [4.69, 9.17) is 18.9 Å². The van der Waals surface area contributed by atoms with Crippen LogP contribution in [0, 0.1) is 27.6 Å². The van der Waals surface area contributed by atoms with E-state index in [0.29, 0.717) is 11.1 Å². The lowest BCUT2D eigenvalue weighted by Gasteiger charge is -2.19. The first-order valence-electron chi connectivity index (χ1n) is 13.8. The number of hydrogen-bond acceptors (Lipinski definition) is 7. The average molecular weight is 670 g/mol. The Bertz CT molecular complexity index is 1940. The summed E-state index contributed by atoms with van der Waals surface area (Å²) < 4.78 is 108. The van der Waals surface area contributed by atoms with Gasteiger partial charge in [-0.1, -0.05) is 66.7 Å². The monoisotopic (exact) mass is 669 g/mol. The molecule has 0 bridgehead atoms. The molecule has 0 heterocycles. The molecule has 0 aliphatic rings. The van der Waals surface area contributed by atoms with E-state index in [1.807, 2.05) is 0 Å². The Morgan fingerprint density at radius 3 is 1.83 bits per heavy atom. The van der Waals surface area contributed by atoms with Crippen molar-refractivity contribution < 1.29 is 55.0 Å². The molecule has 0 unspecified atom stereocenters. The van der Waals surface area contributed by atoms with E-state index in [1.165, 1.54) is 0 Å². The zero-order chi connectivity index (χ0) is 34.4. The van der Waals surface area contributed by atoms with Gasteiger partial charge in [0.25, 0.3) is 0 Å². The smallest absolute Gasteiger partial charge is 0.423 e. The van der Waals surface area contributed by atoms with Crippen LogP contribution in [0.5, 0.6) is 28.7 Å².